The van der Waals surface area contributed by atoms with Gasteiger partial charge < -0.3 is 5.11 Å². The molecule has 0 radical (unpaired) electrons. The highest BCUT2D eigenvalue weighted by molar-refractivity contribution is 7.99. The molecule has 2 rings (SSSR count). The fourth-order valence-electron chi connectivity index (χ4n) is 1.53. The molecule has 9 heteroatoms. The van der Waals surface area contributed by atoms with Crippen LogP contribution in [0.4, 0.5) is 4.39 Å². The number of nitrogens with zero attached hydrogens (tertiary/aromatic N) is 3. The standard InChI is InChI=1S/C11H8Cl2FN3O2S/c1-5-15-16-11(20-4-9(18)19)17(5)6-2-7(12)10(14)8(13)3-6/h2-3H,4H2,1H3,(H,18,19). The molecule has 0 aliphatic rings. The first-order valence-electron chi connectivity index (χ1n) is 5.31. The lowest BCUT2D eigenvalue weighted by atomic mass is 10.3. The average molecular weight is 336 g/mol. The van der Waals surface area contributed by atoms with Crippen LogP contribution in [0, 0.1) is 12.7 Å². The van der Waals surface area contributed by atoms with Crippen molar-refractivity contribution in [3.63, 3.8) is 0 Å². The molecule has 5 nitrogen and oxygen atoms in total. The number of halogens is 3. The van der Waals surface area contributed by atoms with Crippen molar-refractivity contribution in [1.29, 1.82) is 0 Å². The van der Waals surface area contributed by atoms with Crippen molar-refractivity contribution in [2.75, 3.05) is 5.75 Å². The zero-order chi connectivity index (χ0) is 14.9. The Morgan fingerprint density at radius 3 is 2.55 bits per heavy atom. The number of aliphatic carboxylic acids is 1. The third-order valence-corrected chi connectivity index (χ3v) is 3.81. The zero-order valence-electron chi connectivity index (χ0n) is 10.1. The Bertz CT molecular complexity index is 655. The van der Waals surface area contributed by atoms with Gasteiger partial charge in [0.25, 0.3) is 0 Å². The van der Waals surface area contributed by atoms with Crippen molar-refractivity contribution in [2.45, 2.75) is 12.1 Å². The monoisotopic (exact) mass is 335 g/mol. The molecule has 0 bridgehead atoms. The van der Waals surface area contributed by atoms with E-state index >= 15 is 0 Å². The minimum absolute atomic E-state index is 0.130. The summed E-state index contributed by atoms with van der Waals surface area (Å²) in [6.07, 6.45) is 0. The van der Waals surface area contributed by atoms with Crippen molar-refractivity contribution >= 4 is 40.9 Å². The van der Waals surface area contributed by atoms with Gasteiger partial charge in [-0.3, -0.25) is 9.36 Å². The predicted octanol–water partition coefficient (Wildman–Crippen LogP) is 3.20. The number of carboxylic acids is 1. The second-order valence-electron chi connectivity index (χ2n) is 3.77. The maximum atomic E-state index is 13.4. The second-order valence-corrected chi connectivity index (χ2v) is 5.53. The van der Waals surface area contributed by atoms with Gasteiger partial charge in [-0.05, 0) is 19.1 Å². The van der Waals surface area contributed by atoms with E-state index in [4.69, 9.17) is 28.3 Å². The Morgan fingerprint density at radius 1 is 1.40 bits per heavy atom. The van der Waals surface area contributed by atoms with E-state index in [1.165, 1.54) is 12.1 Å². The molecule has 0 saturated heterocycles. The molecule has 0 saturated carbocycles. The topological polar surface area (TPSA) is 68.0 Å². The summed E-state index contributed by atoms with van der Waals surface area (Å²) in [5.41, 5.74) is 0.469. The number of hydrogen-bond acceptors (Lipinski definition) is 4. The number of aromatic nitrogens is 3. The van der Waals surface area contributed by atoms with Crippen molar-refractivity contribution in [2.24, 2.45) is 0 Å². The maximum Gasteiger partial charge on any atom is 0.313 e. The SMILES string of the molecule is Cc1nnc(SCC(=O)O)n1-c1cc(Cl)c(F)c(Cl)c1. The molecule has 0 amide bonds. The van der Waals surface area contributed by atoms with E-state index in [9.17, 15) is 9.18 Å². The highest BCUT2D eigenvalue weighted by atomic mass is 35.5. The maximum absolute atomic E-state index is 13.4. The van der Waals surface area contributed by atoms with E-state index in [0.717, 1.165) is 11.8 Å². The smallest absolute Gasteiger partial charge is 0.313 e. The van der Waals surface area contributed by atoms with Crippen LogP contribution >= 0.6 is 35.0 Å². The van der Waals surface area contributed by atoms with Crippen LogP contribution in [0.2, 0.25) is 10.0 Å². The molecule has 0 aliphatic heterocycles. The normalized spacial score (nSPS) is 10.8. The first-order valence-corrected chi connectivity index (χ1v) is 7.06. The van der Waals surface area contributed by atoms with Crippen LogP contribution in [0.1, 0.15) is 5.82 Å². The number of carbonyl (C=O) groups is 1. The summed E-state index contributed by atoms with van der Waals surface area (Å²) in [6, 6.07) is 2.76. The van der Waals surface area contributed by atoms with Gasteiger partial charge in [-0.2, -0.15) is 0 Å². The fourth-order valence-corrected chi connectivity index (χ4v) is 2.72. The van der Waals surface area contributed by atoms with E-state index in [-0.39, 0.29) is 15.8 Å². The number of thioether (sulfide) groups is 1. The summed E-state index contributed by atoms with van der Waals surface area (Å²) in [7, 11) is 0. The van der Waals surface area contributed by atoms with Crippen molar-refractivity contribution in [3.8, 4) is 5.69 Å². The number of carboxylic acid groups (broad SMARTS) is 1. The summed E-state index contributed by atoms with van der Waals surface area (Å²) in [4.78, 5) is 10.6. The molecule has 1 N–H and O–H groups in total. The molecule has 106 valence electrons. The summed E-state index contributed by atoms with van der Waals surface area (Å²) < 4.78 is 15.0. The predicted molar refractivity (Wildman–Crippen MR) is 74.4 cm³/mol. The minimum atomic E-state index is -0.975. The van der Waals surface area contributed by atoms with Crippen molar-refractivity contribution in [3.05, 3.63) is 33.8 Å². The largest absolute Gasteiger partial charge is 0.481 e. The summed E-state index contributed by atoms with van der Waals surface area (Å²) in [5.74, 6) is -1.34. The minimum Gasteiger partial charge on any atom is -0.481 e. The zero-order valence-corrected chi connectivity index (χ0v) is 12.4. The second kappa shape index (κ2) is 5.99. The lowest BCUT2D eigenvalue weighted by molar-refractivity contribution is -0.133. The van der Waals surface area contributed by atoms with Crippen LogP contribution in [0.15, 0.2) is 17.3 Å². The molecule has 0 fully saturated rings. The Morgan fingerprint density at radius 2 is 2.00 bits per heavy atom. The van der Waals surface area contributed by atoms with Gasteiger partial charge in [0.1, 0.15) is 5.82 Å². The average Bonchev–Trinajstić information content (AvgIpc) is 2.74. The molecular formula is C11H8Cl2FN3O2S. The van der Waals surface area contributed by atoms with Crippen molar-refractivity contribution in [1.82, 2.24) is 14.8 Å². The van der Waals surface area contributed by atoms with Gasteiger partial charge in [-0.15, -0.1) is 10.2 Å². The van der Waals surface area contributed by atoms with Crippen LogP contribution in [0.5, 0.6) is 0 Å². The van der Waals surface area contributed by atoms with E-state index in [0.29, 0.717) is 16.7 Å². The molecule has 0 unspecified atom stereocenters. The molecule has 2 aromatic rings. The summed E-state index contributed by atoms with van der Waals surface area (Å²) in [5, 5.41) is 16.6. The molecule has 0 atom stereocenters. The van der Waals surface area contributed by atoms with Gasteiger partial charge in [-0.25, -0.2) is 4.39 Å². The van der Waals surface area contributed by atoms with Gasteiger partial charge in [0.15, 0.2) is 11.0 Å². The highest BCUT2D eigenvalue weighted by Crippen LogP contribution is 2.29. The van der Waals surface area contributed by atoms with Crippen LogP contribution in [0.3, 0.4) is 0 Å². The van der Waals surface area contributed by atoms with Crippen LogP contribution in [0.25, 0.3) is 5.69 Å². The molecule has 0 spiro atoms. The lowest BCUT2D eigenvalue weighted by Gasteiger charge is -2.09. The van der Waals surface area contributed by atoms with E-state index in [2.05, 4.69) is 10.2 Å². The Kier molecular flexibility index (Phi) is 4.52. The third kappa shape index (κ3) is 3.05. The van der Waals surface area contributed by atoms with E-state index in [1.807, 2.05) is 0 Å². The first kappa shape index (κ1) is 15.1. The quantitative estimate of drug-likeness (QED) is 0.686. The van der Waals surface area contributed by atoms with Crippen molar-refractivity contribution < 1.29 is 14.3 Å². The third-order valence-electron chi connectivity index (χ3n) is 2.35. The van der Waals surface area contributed by atoms with E-state index in [1.54, 1.807) is 11.5 Å². The van der Waals surface area contributed by atoms with Crippen LogP contribution in [-0.4, -0.2) is 31.6 Å². The first-order chi connectivity index (χ1) is 9.40. The summed E-state index contributed by atoms with van der Waals surface area (Å²) >= 11 is 12.5. The van der Waals surface area contributed by atoms with Crippen LogP contribution < -0.4 is 0 Å². The number of rotatable bonds is 4. The van der Waals surface area contributed by atoms with Gasteiger partial charge in [0, 0.05) is 0 Å². The van der Waals surface area contributed by atoms with Crippen LogP contribution in [-0.2, 0) is 4.79 Å². The highest BCUT2D eigenvalue weighted by Gasteiger charge is 2.16. The number of aryl methyl sites for hydroxylation is 1. The molecule has 1 aromatic carbocycles. The van der Waals surface area contributed by atoms with Gasteiger partial charge in [-0.1, -0.05) is 35.0 Å². The molecule has 20 heavy (non-hydrogen) atoms. The lowest BCUT2D eigenvalue weighted by Crippen LogP contribution is -2.03. The van der Waals surface area contributed by atoms with Gasteiger partial charge >= 0.3 is 5.97 Å². The summed E-state index contributed by atoms with van der Waals surface area (Å²) in [6.45, 7) is 1.68. The Balaban J connectivity index is 2.47. The van der Waals surface area contributed by atoms with E-state index < -0.39 is 11.8 Å². The number of hydrogen-bond donors (Lipinski definition) is 1. The molecular weight excluding hydrogens is 328 g/mol. The molecule has 1 aromatic heterocycles. The molecule has 0 aliphatic carbocycles. The fraction of sp³-hybridized carbons (Fsp3) is 0.182. The molecule has 1 heterocycles. The Labute approximate surface area is 127 Å². The Hall–Kier alpha value is -1.31. The number of benzene rings is 1. The van der Waals surface area contributed by atoms with Gasteiger partial charge in [0.2, 0.25) is 0 Å². The van der Waals surface area contributed by atoms with Gasteiger partial charge in [0.05, 0.1) is 21.5 Å².